The van der Waals surface area contributed by atoms with Crippen LogP contribution >= 0.6 is 42.3 Å². The van der Waals surface area contributed by atoms with Crippen molar-refractivity contribution in [2.45, 2.75) is 3.79 Å². The summed E-state index contributed by atoms with van der Waals surface area (Å²) in [5.74, 6) is 0.527. The summed E-state index contributed by atoms with van der Waals surface area (Å²) in [7, 11) is 0.904. The van der Waals surface area contributed by atoms with E-state index < -0.39 is 11.3 Å². The molecule has 0 radical (unpaired) electrons. The number of amidine groups is 2. The molecule has 6 nitrogen and oxygen atoms in total. The van der Waals surface area contributed by atoms with Gasteiger partial charge in [-0.15, -0.1) is 0 Å². The van der Waals surface area contributed by atoms with Gasteiger partial charge in [-0.05, 0) is 38.4 Å². The second-order valence-electron chi connectivity index (χ2n) is 7.34. The Kier molecular flexibility index (Phi) is 7.25. The third-order valence-electron chi connectivity index (χ3n) is 4.79. The first kappa shape index (κ1) is 24.0. The van der Waals surface area contributed by atoms with Crippen LogP contribution in [0.15, 0.2) is 105 Å². The van der Waals surface area contributed by atoms with Crippen molar-refractivity contribution in [1.29, 1.82) is 0 Å². The summed E-state index contributed by atoms with van der Waals surface area (Å²) in [4.78, 5) is 4.50. The highest BCUT2D eigenvalue weighted by Gasteiger charge is 2.37. The fraction of sp³-hybridized carbons (Fsp3) is 0.130. The van der Waals surface area contributed by atoms with E-state index in [-0.39, 0.29) is 5.84 Å². The van der Waals surface area contributed by atoms with Crippen molar-refractivity contribution in [2.24, 2.45) is 14.5 Å². The Balaban J connectivity index is 1.91. The second-order valence-corrected chi connectivity index (χ2v) is 12.2. The van der Waals surface area contributed by atoms with Gasteiger partial charge in [0, 0.05) is 5.56 Å². The summed E-state index contributed by atoms with van der Waals surface area (Å²) in [6, 6.07) is 29.4. The molecule has 1 atom stereocenters. The quantitative estimate of drug-likeness (QED) is 0.215. The third kappa shape index (κ3) is 5.49. The zero-order valence-electron chi connectivity index (χ0n) is 18.0. The predicted molar refractivity (Wildman–Crippen MR) is 142 cm³/mol. The van der Waals surface area contributed by atoms with E-state index in [2.05, 4.69) is 10.2 Å². The van der Waals surface area contributed by atoms with Gasteiger partial charge < -0.3 is 0 Å². The predicted octanol–water partition coefficient (Wildman–Crippen LogP) is 7.07. The van der Waals surface area contributed by atoms with Crippen LogP contribution in [0.25, 0.3) is 0 Å². The van der Waals surface area contributed by atoms with Crippen molar-refractivity contribution in [2.75, 3.05) is 19.1 Å². The number of anilines is 2. The fourth-order valence-corrected chi connectivity index (χ4v) is 5.61. The Bertz CT molecular complexity index is 1170. The van der Waals surface area contributed by atoms with Crippen LogP contribution in [0.1, 0.15) is 5.56 Å². The van der Waals surface area contributed by atoms with Crippen molar-refractivity contribution in [3.05, 3.63) is 96.6 Å². The van der Waals surface area contributed by atoms with Crippen molar-refractivity contribution in [3.63, 3.8) is 0 Å². The van der Waals surface area contributed by atoms with Crippen LogP contribution in [0.4, 0.5) is 11.4 Å². The molecular weight excluding hydrogens is 498 g/mol. The zero-order chi connectivity index (χ0) is 23.5. The van der Waals surface area contributed by atoms with Crippen molar-refractivity contribution in [1.82, 2.24) is 9.87 Å². The highest BCUT2D eigenvalue weighted by Crippen LogP contribution is 2.54. The molecule has 0 amide bonds. The molecule has 170 valence electrons. The minimum absolute atomic E-state index is 0.0805. The van der Waals surface area contributed by atoms with Gasteiger partial charge in [0.1, 0.15) is 0 Å². The lowest BCUT2D eigenvalue weighted by atomic mass is 10.2. The molecule has 1 unspecified atom stereocenters. The Morgan fingerprint density at radius 1 is 0.758 bits per heavy atom. The number of hydrogen-bond acceptors (Lipinski definition) is 6. The van der Waals surface area contributed by atoms with Gasteiger partial charge in [0.25, 0.3) is 0 Å². The van der Waals surface area contributed by atoms with Crippen molar-refractivity contribution in [3.8, 4) is 0 Å². The summed E-state index contributed by atoms with van der Waals surface area (Å²) < 4.78 is 9.91. The van der Waals surface area contributed by atoms with Gasteiger partial charge in [0.2, 0.25) is 11.3 Å². The van der Waals surface area contributed by atoms with E-state index in [9.17, 15) is 0 Å². The number of para-hydroxylation sites is 2. The molecule has 0 spiro atoms. The molecule has 3 aromatic rings. The topological polar surface area (TPSA) is 55.6 Å². The molecule has 0 aromatic heterocycles. The number of aliphatic imine (C=N–C) groups is 1. The van der Waals surface area contributed by atoms with Gasteiger partial charge in [-0.2, -0.15) is 14.7 Å². The lowest BCUT2D eigenvalue weighted by Gasteiger charge is -2.36. The van der Waals surface area contributed by atoms with E-state index in [0.717, 1.165) is 16.9 Å². The maximum Gasteiger partial charge on any atom is 0.250 e. The molecule has 1 N–H and O–H groups in total. The zero-order valence-corrected chi connectivity index (χ0v) is 21.1. The van der Waals surface area contributed by atoms with Crippen LogP contribution in [0.5, 0.6) is 0 Å². The molecular formula is C23H22Cl3N6P. The lowest BCUT2D eigenvalue weighted by Crippen LogP contribution is -2.37. The largest absolute Gasteiger partial charge is 0.270 e. The van der Waals surface area contributed by atoms with E-state index in [1.54, 1.807) is 0 Å². The van der Waals surface area contributed by atoms with Crippen LogP contribution in [0.2, 0.25) is 0 Å². The van der Waals surface area contributed by atoms with E-state index in [0.29, 0.717) is 5.84 Å². The van der Waals surface area contributed by atoms with Crippen LogP contribution in [0, 0.1) is 0 Å². The molecule has 0 bridgehead atoms. The standard InChI is InChI=1S/C23H22Cl3N6P/c1-31(2)33(30-32(19-14-8-4-9-15-19)20-16-10-5-11-17-20)28-21(18-12-6-3-7-13-18)27-22(29-33)23(24,25)26/h3-17,30H,1-2H3. The monoisotopic (exact) mass is 518 g/mol. The number of alkyl halides is 3. The highest BCUT2D eigenvalue weighted by atomic mass is 35.6. The summed E-state index contributed by atoms with van der Waals surface area (Å²) in [5, 5.41) is 5.51. The maximum atomic E-state index is 6.28. The number of hydrogen-bond donors (Lipinski definition) is 1. The van der Waals surface area contributed by atoms with Crippen LogP contribution in [-0.2, 0) is 0 Å². The number of nitrogens with one attached hydrogen (secondary N) is 1. The summed E-state index contributed by atoms with van der Waals surface area (Å²) in [5.41, 5.74) is 2.63. The molecule has 1 heterocycles. The average Bonchev–Trinajstić information content (AvgIpc) is 2.83. The van der Waals surface area contributed by atoms with Crippen LogP contribution in [-0.4, -0.2) is 34.2 Å². The van der Waals surface area contributed by atoms with Gasteiger partial charge in [-0.3, -0.25) is 5.01 Å². The van der Waals surface area contributed by atoms with Crippen molar-refractivity contribution < 1.29 is 0 Å². The number of rotatable bonds is 6. The molecule has 0 saturated carbocycles. The first-order valence-electron chi connectivity index (χ1n) is 10.1. The Hall–Kier alpha value is -2.18. The van der Waals surface area contributed by atoms with Gasteiger partial charge in [0.15, 0.2) is 11.7 Å². The van der Waals surface area contributed by atoms with Crippen LogP contribution < -0.4 is 10.2 Å². The number of nitrogens with zero attached hydrogens (tertiary/aromatic N) is 5. The molecule has 0 aliphatic carbocycles. The second kappa shape index (κ2) is 9.98. The summed E-state index contributed by atoms with van der Waals surface area (Å²) in [6.07, 6.45) is 0. The maximum absolute atomic E-state index is 6.28. The Morgan fingerprint density at radius 3 is 1.70 bits per heavy atom. The van der Waals surface area contributed by atoms with Gasteiger partial charge in [-0.1, -0.05) is 102 Å². The highest BCUT2D eigenvalue weighted by molar-refractivity contribution is 7.61. The Morgan fingerprint density at radius 2 is 1.24 bits per heavy atom. The molecule has 0 fully saturated rings. The minimum atomic E-state index is -2.89. The Labute approximate surface area is 208 Å². The normalized spacial score (nSPS) is 18.4. The smallest absolute Gasteiger partial charge is 0.250 e. The SMILES string of the molecule is CN(C)P1(NN(c2ccccc2)c2ccccc2)=NC(C(Cl)(Cl)Cl)=NC(c2ccccc2)=N1. The summed E-state index contributed by atoms with van der Waals surface area (Å²) >= 11 is 18.8. The molecule has 0 saturated heterocycles. The van der Waals surface area contributed by atoms with Gasteiger partial charge in [0.05, 0.1) is 11.4 Å². The number of halogens is 3. The number of hydrazine groups is 1. The fourth-order valence-electron chi connectivity index (χ4n) is 3.13. The van der Waals surface area contributed by atoms with E-state index in [1.807, 2.05) is 115 Å². The van der Waals surface area contributed by atoms with Gasteiger partial charge in [-0.25, -0.2) is 9.66 Å². The first-order valence-corrected chi connectivity index (χ1v) is 12.9. The third-order valence-corrected chi connectivity index (χ3v) is 7.81. The average molecular weight is 520 g/mol. The summed E-state index contributed by atoms with van der Waals surface area (Å²) in [6.45, 7) is 0. The van der Waals surface area contributed by atoms with E-state index >= 15 is 0 Å². The molecule has 10 heteroatoms. The molecule has 1 aliphatic rings. The van der Waals surface area contributed by atoms with Crippen molar-refractivity contribution >= 4 is 65.4 Å². The van der Waals surface area contributed by atoms with Gasteiger partial charge >= 0.3 is 0 Å². The molecule has 1 aliphatic heterocycles. The van der Waals surface area contributed by atoms with E-state index in [1.165, 1.54) is 0 Å². The van der Waals surface area contributed by atoms with Crippen LogP contribution in [0.3, 0.4) is 0 Å². The minimum Gasteiger partial charge on any atom is -0.270 e. The first-order chi connectivity index (χ1) is 15.8. The molecule has 33 heavy (non-hydrogen) atoms. The number of benzene rings is 3. The molecule has 4 rings (SSSR count). The lowest BCUT2D eigenvalue weighted by molar-refractivity contribution is 0.648. The molecule has 3 aromatic carbocycles. The van der Waals surface area contributed by atoms with E-state index in [4.69, 9.17) is 44.3 Å².